The first-order valence-corrected chi connectivity index (χ1v) is 14.2. The van der Waals surface area contributed by atoms with Gasteiger partial charge in [-0.2, -0.15) is 0 Å². The zero-order valence-corrected chi connectivity index (χ0v) is 20.7. The molecule has 4 rings (SSSR count). The van der Waals surface area contributed by atoms with Crippen LogP contribution in [0, 0.1) is 11.7 Å². The maximum absolute atomic E-state index is 14.2. The van der Waals surface area contributed by atoms with Crippen molar-refractivity contribution in [1.82, 2.24) is 9.97 Å². The minimum atomic E-state index is -3.51. The van der Waals surface area contributed by atoms with Crippen molar-refractivity contribution < 1.29 is 21.8 Å². The Morgan fingerprint density at radius 3 is 2.53 bits per heavy atom. The van der Waals surface area contributed by atoms with Crippen LogP contribution in [0.15, 0.2) is 51.6 Å². The van der Waals surface area contributed by atoms with E-state index in [4.69, 9.17) is 4.74 Å². The van der Waals surface area contributed by atoms with E-state index in [0.717, 1.165) is 56.7 Å². The summed E-state index contributed by atoms with van der Waals surface area (Å²) in [6.07, 6.45) is 8.36. The van der Waals surface area contributed by atoms with Crippen LogP contribution in [0.2, 0.25) is 0 Å². The maximum atomic E-state index is 14.2. The van der Waals surface area contributed by atoms with Crippen molar-refractivity contribution >= 4 is 31.6 Å². The molecular formula is C23H27FN4O4S2. The zero-order valence-electron chi connectivity index (χ0n) is 19.1. The molecule has 2 aliphatic rings. The molecule has 0 aliphatic carbocycles. The van der Waals surface area contributed by atoms with Gasteiger partial charge in [-0.3, -0.25) is 0 Å². The maximum Gasteiger partial charge on any atom is 0.225 e. The lowest BCUT2D eigenvalue weighted by molar-refractivity contribution is 0.331. The van der Waals surface area contributed by atoms with Gasteiger partial charge >= 0.3 is 0 Å². The Morgan fingerprint density at radius 2 is 1.91 bits per heavy atom. The van der Waals surface area contributed by atoms with Crippen LogP contribution in [-0.4, -0.2) is 53.6 Å². The van der Waals surface area contributed by atoms with Gasteiger partial charge in [0.2, 0.25) is 5.95 Å². The van der Waals surface area contributed by atoms with Crippen molar-refractivity contribution in [1.29, 1.82) is 0 Å². The number of ether oxygens (including phenoxy) is 1. The molecule has 1 aromatic carbocycles. The van der Waals surface area contributed by atoms with Crippen LogP contribution >= 0.6 is 0 Å². The van der Waals surface area contributed by atoms with Gasteiger partial charge in [-0.1, -0.05) is 13.3 Å². The van der Waals surface area contributed by atoms with Crippen LogP contribution in [0.3, 0.4) is 0 Å². The molecule has 0 N–H and O–H groups in total. The van der Waals surface area contributed by atoms with Crippen LogP contribution in [0.5, 0.6) is 5.75 Å². The van der Waals surface area contributed by atoms with Crippen LogP contribution in [-0.2, 0) is 27.1 Å². The van der Waals surface area contributed by atoms with Gasteiger partial charge in [0.1, 0.15) is 11.7 Å². The van der Waals surface area contributed by atoms with Gasteiger partial charge < -0.3 is 9.64 Å². The number of aryl methyl sites for hydroxylation is 1. The van der Waals surface area contributed by atoms with Crippen molar-refractivity contribution in [2.45, 2.75) is 37.5 Å². The number of rotatable bonds is 8. The molecular weight excluding hydrogens is 479 g/mol. The Balaban J connectivity index is 1.33. The Hall–Kier alpha value is -2.66. The lowest BCUT2D eigenvalue weighted by atomic mass is 9.98. The van der Waals surface area contributed by atoms with E-state index < -0.39 is 26.5 Å². The fourth-order valence-corrected chi connectivity index (χ4v) is 5.85. The van der Waals surface area contributed by atoms with E-state index in [1.54, 1.807) is 0 Å². The van der Waals surface area contributed by atoms with E-state index in [1.165, 1.54) is 17.5 Å². The number of anilines is 1. The van der Waals surface area contributed by atoms with E-state index in [1.807, 2.05) is 12.4 Å². The molecule has 0 radical (unpaired) electrons. The highest BCUT2D eigenvalue weighted by molar-refractivity contribution is 8.03. The van der Waals surface area contributed by atoms with Crippen molar-refractivity contribution in [2.24, 2.45) is 10.9 Å². The minimum Gasteiger partial charge on any atom is -0.484 e. The lowest BCUT2D eigenvalue weighted by Gasteiger charge is -2.31. The predicted octanol–water partition coefficient (Wildman–Crippen LogP) is 3.27. The molecule has 0 saturated carbocycles. The van der Waals surface area contributed by atoms with Crippen LogP contribution in [0.4, 0.5) is 10.3 Å². The molecule has 11 heteroatoms. The first-order valence-electron chi connectivity index (χ1n) is 11.1. The number of aromatic nitrogens is 2. The molecule has 1 fully saturated rings. The second kappa shape index (κ2) is 10.3. The van der Waals surface area contributed by atoms with E-state index in [0.29, 0.717) is 16.7 Å². The summed E-state index contributed by atoms with van der Waals surface area (Å²) in [6, 6.07) is 3.49. The Labute approximate surface area is 201 Å². The third kappa shape index (κ3) is 5.69. The molecule has 0 bridgehead atoms. The van der Waals surface area contributed by atoms with Crippen LogP contribution in [0.1, 0.15) is 31.7 Å². The summed E-state index contributed by atoms with van der Waals surface area (Å²) in [6.45, 7) is 3.56. The third-order valence-corrected chi connectivity index (χ3v) is 8.20. The van der Waals surface area contributed by atoms with Gasteiger partial charge in [-0.25, -0.2) is 32.0 Å². The quantitative estimate of drug-likeness (QED) is 0.541. The van der Waals surface area contributed by atoms with Gasteiger partial charge in [0.25, 0.3) is 0 Å². The van der Waals surface area contributed by atoms with Crippen molar-refractivity contribution in [3.8, 4) is 5.75 Å². The minimum absolute atomic E-state index is 0.0544. The fraction of sp³-hybridized carbons (Fsp3) is 0.435. The number of aliphatic imine (C=N–C) groups is 1. The highest BCUT2D eigenvalue weighted by Gasteiger charge is 2.30. The Kier molecular flexibility index (Phi) is 7.42. The van der Waals surface area contributed by atoms with Gasteiger partial charge in [-0.05, 0) is 43.0 Å². The molecule has 2 aromatic rings. The number of piperidine rings is 1. The molecule has 1 atom stereocenters. The topological polar surface area (TPSA) is 102 Å². The first kappa shape index (κ1) is 24.5. The number of hydrogen-bond donors (Lipinski definition) is 0. The highest BCUT2D eigenvalue weighted by atomic mass is 32.2. The average molecular weight is 507 g/mol. The Morgan fingerprint density at radius 1 is 1.21 bits per heavy atom. The van der Waals surface area contributed by atoms with E-state index in [-0.39, 0.29) is 23.2 Å². The summed E-state index contributed by atoms with van der Waals surface area (Å²) >= 11 is 0. The summed E-state index contributed by atoms with van der Waals surface area (Å²) < 4.78 is 55.4. The SMILES string of the molecule is CCCc1cnc(N2CCC(C3=NC(COc4ccc(S(C)(=O)=O)cc4F)=CS3=O)CC2)nc1. The zero-order chi connectivity index (χ0) is 24.3. The molecule has 1 saturated heterocycles. The molecule has 0 spiro atoms. The van der Waals surface area contributed by atoms with Gasteiger partial charge in [0.15, 0.2) is 21.4 Å². The van der Waals surface area contributed by atoms with Gasteiger partial charge in [-0.15, -0.1) is 0 Å². The average Bonchev–Trinajstić information content (AvgIpc) is 3.19. The highest BCUT2D eigenvalue weighted by Crippen LogP contribution is 2.28. The summed E-state index contributed by atoms with van der Waals surface area (Å²) in [5, 5.41) is 2.14. The van der Waals surface area contributed by atoms with Gasteiger partial charge in [0.05, 0.1) is 21.4 Å². The van der Waals surface area contributed by atoms with Crippen molar-refractivity contribution in [2.75, 3.05) is 30.9 Å². The lowest BCUT2D eigenvalue weighted by Crippen LogP contribution is -2.37. The number of benzene rings is 1. The monoisotopic (exact) mass is 506 g/mol. The summed E-state index contributed by atoms with van der Waals surface area (Å²) in [5.74, 6) is -0.0648. The van der Waals surface area contributed by atoms with Crippen molar-refractivity contribution in [3.63, 3.8) is 0 Å². The smallest absolute Gasteiger partial charge is 0.225 e. The number of halogens is 1. The van der Waals surface area contributed by atoms with E-state index >= 15 is 0 Å². The standard InChI is InChI=1S/C23H27FN4O4S2/c1-3-4-16-12-25-23(26-13-16)28-9-7-17(8-10-28)22-27-18(15-33(22)29)14-32-21-6-5-19(11-20(21)24)34(2,30)31/h5-6,11-13,15,17H,3-4,7-10,14H2,1-2H3. The second-order valence-corrected chi connectivity index (χ2v) is 11.7. The molecule has 2 aliphatic heterocycles. The second-order valence-electron chi connectivity index (χ2n) is 8.41. The summed E-state index contributed by atoms with van der Waals surface area (Å²) in [5.41, 5.74) is 1.60. The van der Waals surface area contributed by atoms with E-state index in [2.05, 4.69) is 26.8 Å². The Bertz CT molecular complexity index is 1240. The predicted molar refractivity (Wildman–Crippen MR) is 130 cm³/mol. The number of hydrogen-bond acceptors (Lipinski definition) is 8. The molecule has 1 unspecified atom stereocenters. The van der Waals surface area contributed by atoms with Crippen LogP contribution in [0.25, 0.3) is 0 Å². The first-order chi connectivity index (χ1) is 16.2. The molecule has 8 nitrogen and oxygen atoms in total. The fourth-order valence-electron chi connectivity index (χ4n) is 3.96. The van der Waals surface area contributed by atoms with Crippen LogP contribution < -0.4 is 9.64 Å². The normalized spacial score (nSPS) is 19.1. The third-order valence-electron chi connectivity index (χ3n) is 5.77. The molecule has 34 heavy (non-hydrogen) atoms. The largest absolute Gasteiger partial charge is 0.484 e. The summed E-state index contributed by atoms with van der Waals surface area (Å²) in [7, 11) is -4.85. The van der Waals surface area contributed by atoms with Crippen molar-refractivity contribution in [3.05, 3.63) is 53.1 Å². The number of sulfone groups is 1. The molecule has 1 aromatic heterocycles. The molecule has 3 heterocycles. The summed E-state index contributed by atoms with van der Waals surface area (Å²) in [4.78, 5) is 15.5. The van der Waals surface area contributed by atoms with E-state index in [9.17, 15) is 17.0 Å². The molecule has 182 valence electrons. The molecule has 0 amide bonds. The van der Waals surface area contributed by atoms with Gasteiger partial charge in [0, 0.05) is 43.1 Å². The number of nitrogens with zero attached hydrogens (tertiary/aromatic N) is 4.